The Morgan fingerprint density at radius 1 is 1.17 bits per heavy atom. The van der Waals surface area contributed by atoms with Crippen LogP contribution >= 0.6 is 0 Å². The van der Waals surface area contributed by atoms with Crippen molar-refractivity contribution in [1.82, 2.24) is 4.98 Å². The van der Waals surface area contributed by atoms with E-state index in [1.54, 1.807) is 6.08 Å². The van der Waals surface area contributed by atoms with Crippen LogP contribution in [0.4, 0.5) is 0 Å². The fraction of sp³-hybridized carbons (Fsp3) is 0.346. The molecule has 0 fully saturated rings. The van der Waals surface area contributed by atoms with Crippen LogP contribution in [0.5, 0.6) is 0 Å². The summed E-state index contributed by atoms with van der Waals surface area (Å²) >= 11 is 0. The molecule has 0 atom stereocenters. The van der Waals surface area contributed by atoms with Crippen LogP contribution in [0.2, 0.25) is 0 Å². The van der Waals surface area contributed by atoms with Crippen LogP contribution in [-0.4, -0.2) is 17.2 Å². The quantitative estimate of drug-likeness (QED) is 0.446. The molecule has 29 heavy (non-hydrogen) atoms. The fourth-order valence-electron chi connectivity index (χ4n) is 3.28. The Morgan fingerprint density at radius 3 is 2.66 bits per heavy atom. The highest BCUT2D eigenvalue weighted by molar-refractivity contribution is 6.02. The number of rotatable bonds is 8. The van der Waals surface area contributed by atoms with E-state index >= 15 is 0 Å². The Labute approximate surface area is 175 Å². The van der Waals surface area contributed by atoms with Gasteiger partial charge in [-0.1, -0.05) is 48.6 Å². The number of allylic oxidation sites excluding steroid dienone is 9. The molecule has 0 unspecified atom stereocenters. The number of pyridine rings is 1. The normalized spacial score (nSPS) is 14.9. The van der Waals surface area contributed by atoms with Gasteiger partial charge in [-0.05, 0) is 77.2 Å². The van der Waals surface area contributed by atoms with Gasteiger partial charge in [0.25, 0.3) is 0 Å². The van der Waals surface area contributed by atoms with Gasteiger partial charge in [0, 0.05) is 28.9 Å². The van der Waals surface area contributed by atoms with Crippen LogP contribution in [0.15, 0.2) is 81.5 Å². The van der Waals surface area contributed by atoms with E-state index in [0.717, 1.165) is 59.2 Å². The van der Waals surface area contributed by atoms with Gasteiger partial charge in [-0.3, -0.25) is 9.98 Å². The van der Waals surface area contributed by atoms with Gasteiger partial charge in [0.15, 0.2) is 5.49 Å². The molecule has 0 amide bonds. The Hall–Kier alpha value is -2.81. The molecule has 2 heterocycles. The number of hydrogen-bond acceptors (Lipinski definition) is 3. The number of aliphatic imine (C=N–C) groups is 1. The number of nitrogens with zero attached hydrogens (tertiary/aromatic N) is 3. The summed E-state index contributed by atoms with van der Waals surface area (Å²) < 4.78 is 0. The molecule has 0 saturated carbocycles. The number of aryl methyl sites for hydroxylation is 1. The van der Waals surface area contributed by atoms with E-state index in [1.807, 2.05) is 13.0 Å². The molecule has 1 aromatic heterocycles. The lowest BCUT2D eigenvalue weighted by atomic mass is 10.0. The molecule has 152 valence electrons. The molecule has 0 spiro atoms. The molecule has 3 heteroatoms. The van der Waals surface area contributed by atoms with Crippen molar-refractivity contribution >= 4 is 11.8 Å². The van der Waals surface area contributed by atoms with E-state index in [1.165, 1.54) is 11.1 Å². The lowest BCUT2D eigenvalue weighted by molar-refractivity contribution is 0.840. The molecular formula is C26H33N3. The second kappa shape index (κ2) is 11.3. The number of fused-ring (bicyclic) bond motifs is 1. The Morgan fingerprint density at radius 2 is 1.97 bits per heavy atom. The maximum Gasteiger partial charge on any atom is 0.154 e. The molecule has 1 aliphatic rings. The maximum atomic E-state index is 5.00. The summed E-state index contributed by atoms with van der Waals surface area (Å²) in [6.45, 7) is 15.1. The first-order valence-electron chi connectivity index (χ1n) is 10.3. The molecule has 2 rings (SSSR count). The third kappa shape index (κ3) is 6.63. The topological polar surface area (TPSA) is 37.6 Å². The van der Waals surface area contributed by atoms with Crippen LogP contribution in [0, 0.1) is 0 Å². The third-order valence-electron chi connectivity index (χ3n) is 4.85. The van der Waals surface area contributed by atoms with Crippen molar-refractivity contribution in [3.05, 3.63) is 87.9 Å². The summed E-state index contributed by atoms with van der Waals surface area (Å²) in [4.78, 5) is 14.3. The van der Waals surface area contributed by atoms with E-state index in [4.69, 9.17) is 9.98 Å². The van der Waals surface area contributed by atoms with Crippen molar-refractivity contribution in [3.63, 3.8) is 0 Å². The second-order valence-corrected chi connectivity index (χ2v) is 7.43. The lowest BCUT2D eigenvalue weighted by Crippen LogP contribution is -2.32. The standard InChI is InChI=1S/C26H33N3/c1-7-9-13-24(20(5)11-8-2)21(6)28-25(19(3)4)17-16-23-15-14-22-12-10-18-27-26(22)29-23/h7-9,11-15H,1,10,16-18H2,2-6H3/b11-8-,13-9-,24-20-,28-21+. The van der Waals surface area contributed by atoms with Gasteiger partial charge in [0.1, 0.15) is 0 Å². The van der Waals surface area contributed by atoms with Crippen LogP contribution < -0.4 is 10.7 Å². The van der Waals surface area contributed by atoms with Crippen molar-refractivity contribution in [2.75, 3.05) is 6.54 Å². The molecular weight excluding hydrogens is 354 g/mol. The monoisotopic (exact) mass is 387 g/mol. The summed E-state index contributed by atoms with van der Waals surface area (Å²) in [5.74, 6) is 0. The fourth-order valence-corrected chi connectivity index (χ4v) is 3.28. The molecule has 0 bridgehead atoms. The molecule has 0 aromatic carbocycles. The zero-order chi connectivity index (χ0) is 21.2. The first kappa shape index (κ1) is 22.5. The van der Waals surface area contributed by atoms with Crippen molar-refractivity contribution in [2.24, 2.45) is 9.98 Å². The summed E-state index contributed by atoms with van der Waals surface area (Å²) in [7, 11) is 0. The molecule has 1 aromatic rings. The first-order chi connectivity index (χ1) is 14.0. The Kier molecular flexibility index (Phi) is 8.72. The summed E-state index contributed by atoms with van der Waals surface area (Å²) in [6, 6.07) is 4.25. The van der Waals surface area contributed by atoms with E-state index < -0.39 is 0 Å². The lowest BCUT2D eigenvalue weighted by Gasteiger charge is -2.10. The zero-order valence-electron chi connectivity index (χ0n) is 18.5. The summed E-state index contributed by atoms with van der Waals surface area (Å²) in [5, 5.41) is 1.15. The predicted molar refractivity (Wildman–Crippen MR) is 126 cm³/mol. The molecule has 0 saturated heterocycles. The van der Waals surface area contributed by atoms with Gasteiger partial charge in [-0.2, -0.15) is 0 Å². The van der Waals surface area contributed by atoms with Gasteiger partial charge in [-0.15, -0.1) is 0 Å². The van der Waals surface area contributed by atoms with E-state index in [2.05, 4.69) is 75.7 Å². The van der Waals surface area contributed by atoms with Crippen LogP contribution in [0.3, 0.4) is 0 Å². The Balaban J connectivity index is 2.27. The number of aromatic nitrogens is 1. The van der Waals surface area contributed by atoms with Crippen molar-refractivity contribution < 1.29 is 0 Å². The Bertz CT molecular complexity index is 1010. The SMILES string of the molecule is C=C\C=C/C(=C(C)/C=C\C)C(/C)=N/C(CCc1ccc2c(n1)=NCCC=2)=C(C)C. The summed E-state index contributed by atoms with van der Waals surface area (Å²) in [6.07, 6.45) is 14.9. The van der Waals surface area contributed by atoms with Crippen LogP contribution in [0.25, 0.3) is 6.08 Å². The van der Waals surface area contributed by atoms with Gasteiger partial charge >= 0.3 is 0 Å². The molecule has 0 radical (unpaired) electrons. The molecule has 1 aliphatic heterocycles. The maximum absolute atomic E-state index is 5.00. The zero-order valence-corrected chi connectivity index (χ0v) is 18.5. The molecule has 3 nitrogen and oxygen atoms in total. The highest BCUT2D eigenvalue weighted by atomic mass is 14.8. The van der Waals surface area contributed by atoms with Crippen molar-refractivity contribution in [1.29, 1.82) is 0 Å². The minimum absolute atomic E-state index is 0.838. The van der Waals surface area contributed by atoms with Gasteiger partial charge in [0.05, 0.1) is 0 Å². The van der Waals surface area contributed by atoms with Crippen molar-refractivity contribution in [2.45, 2.75) is 53.9 Å². The van der Waals surface area contributed by atoms with Gasteiger partial charge in [-0.25, -0.2) is 4.98 Å². The minimum Gasteiger partial charge on any atom is -0.266 e. The van der Waals surface area contributed by atoms with Crippen LogP contribution in [0.1, 0.15) is 53.2 Å². The molecule has 0 N–H and O–H groups in total. The largest absolute Gasteiger partial charge is 0.266 e. The van der Waals surface area contributed by atoms with Crippen LogP contribution in [-0.2, 0) is 6.42 Å². The number of hydrogen-bond donors (Lipinski definition) is 0. The third-order valence-corrected chi connectivity index (χ3v) is 4.85. The van der Waals surface area contributed by atoms with E-state index in [-0.39, 0.29) is 0 Å². The average Bonchev–Trinajstić information content (AvgIpc) is 2.71. The predicted octanol–water partition coefficient (Wildman–Crippen LogP) is 5.21. The molecule has 0 aliphatic carbocycles. The van der Waals surface area contributed by atoms with Gasteiger partial charge in [0.2, 0.25) is 0 Å². The highest BCUT2D eigenvalue weighted by Gasteiger charge is 2.07. The first-order valence-corrected chi connectivity index (χ1v) is 10.3. The van der Waals surface area contributed by atoms with E-state index in [0.29, 0.717) is 0 Å². The second-order valence-electron chi connectivity index (χ2n) is 7.43. The van der Waals surface area contributed by atoms with Gasteiger partial charge < -0.3 is 0 Å². The van der Waals surface area contributed by atoms with E-state index in [9.17, 15) is 0 Å². The highest BCUT2D eigenvalue weighted by Crippen LogP contribution is 2.17. The smallest absolute Gasteiger partial charge is 0.154 e. The average molecular weight is 388 g/mol. The van der Waals surface area contributed by atoms with Crippen molar-refractivity contribution in [3.8, 4) is 0 Å². The minimum atomic E-state index is 0.838. The summed E-state index contributed by atoms with van der Waals surface area (Å²) in [5.41, 5.74) is 7.63.